The van der Waals surface area contributed by atoms with Crippen LogP contribution in [0.5, 0.6) is 0 Å². The number of nitrogens with one attached hydrogen (secondary N) is 1. The molecule has 21 heavy (non-hydrogen) atoms. The van der Waals surface area contributed by atoms with Gasteiger partial charge in [0.2, 0.25) is 5.91 Å². The zero-order chi connectivity index (χ0) is 16.0. The molecule has 0 spiro atoms. The van der Waals surface area contributed by atoms with E-state index in [0.29, 0.717) is 13.2 Å². The van der Waals surface area contributed by atoms with Crippen molar-refractivity contribution < 1.29 is 23.9 Å². The molecule has 0 saturated carbocycles. The Hall–Kier alpha value is -1.47. The van der Waals surface area contributed by atoms with Gasteiger partial charge in [0, 0.05) is 6.54 Å². The first-order chi connectivity index (χ1) is 9.86. The molecule has 2 unspecified atom stereocenters. The van der Waals surface area contributed by atoms with Crippen LogP contribution in [0.25, 0.3) is 0 Å². The van der Waals surface area contributed by atoms with Crippen molar-refractivity contribution in [2.24, 2.45) is 5.92 Å². The molecule has 0 aromatic rings. The van der Waals surface area contributed by atoms with Gasteiger partial charge in [0.25, 0.3) is 0 Å². The highest BCUT2D eigenvalue weighted by molar-refractivity contribution is 5.88. The summed E-state index contributed by atoms with van der Waals surface area (Å²) in [6, 6.07) is -1.08. The van der Waals surface area contributed by atoms with Crippen molar-refractivity contribution in [2.45, 2.75) is 32.9 Å². The molecule has 0 aliphatic carbocycles. The maximum Gasteiger partial charge on any atom is 0.325 e. The molecule has 0 aromatic heterocycles. The molecule has 1 saturated heterocycles. The van der Waals surface area contributed by atoms with E-state index in [9.17, 15) is 14.4 Å². The van der Waals surface area contributed by atoms with Crippen molar-refractivity contribution in [2.75, 3.05) is 33.4 Å². The van der Waals surface area contributed by atoms with Crippen LogP contribution in [0, 0.1) is 5.92 Å². The molecule has 1 heterocycles. The highest BCUT2D eigenvalue weighted by Crippen LogP contribution is 2.09. The van der Waals surface area contributed by atoms with Crippen LogP contribution in [0.2, 0.25) is 0 Å². The summed E-state index contributed by atoms with van der Waals surface area (Å²) in [5.41, 5.74) is 0. The summed E-state index contributed by atoms with van der Waals surface area (Å²) >= 11 is 0. The number of hydrogen-bond acceptors (Lipinski definition) is 6. The van der Waals surface area contributed by atoms with Gasteiger partial charge in [-0.15, -0.1) is 0 Å². The van der Waals surface area contributed by atoms with Gasteiger partial charge in [-0.1, -0.05) is 13.8 Å². The number of carbonyl (C=O) groups excluding carboxylic acids is 3. The standard InChI is InChI=1S/C14H24N2O5/c1-9(2)13(10(3)17)15-12(18)7-16-5-6-21-8-11(16)14(19)20-4/h9,11,13H,5-8H2,1-4H3,(H,15,18). The van der Waals surface area contributed by atoms with E-state index in [2.05, 4.69) is 5.32 Å². The Labute approximate surface area is 124 Å². The van der Waals surface area contributed by atoms with Gasteiger partial charge in [-0.3, -0.25) is 19.3 Å². The number of methoxy groups -OCH3 is 1. The Balaban J connectivity index is 2.62. The first kappa shape index (κ1) is 17.6. The summed E-state index contributed by atoms with van der Waals surface area (Å²) in [5, 5.41) is 2.72. The lowest BCUT2D eigenvalue weighted by molar-refractivity contribution is -0.154. The van der Waals surface area contributed by atoms with Crippen LogP contribution >= 0.6 is 0 Å². The number of ketones is 1. The highest BCUT2D eigenvalue weighted by atomic mass is 16.5. The first-order valence-electron chi connectivity index (χ1n) is 7.06. The Kier molecular flexibility index (Phi) is 6.77. The molecule has 0 radical (unpaired) electrons. The molecule has 1 fully saturated rings. The minimum atomic E-state index is -0.579. The van der Waals surface area contributed by atoms with Crippen LogP contribution in [0.15, 0.2) is 0 Å². The van der Waals surface area contributed by atoms with Gasteiger partial charge in [-0.05, 0) is 12.8 Å². The maximum atomic E-state index is 12.1. The van der Waals surface area contributed by atoms with Crippen LogP contribution in [0.4, 0.5) is 0 Å². The fourth-order valence-electron chi connectivity index (χ4n) is 2.32. The van der Waals surface area contributed by atoms with Crippen molar-refractivity contribution in [1.82, 2.24) is 10.2 Å². The minimum absolute atomic E-state index is 0.0209. The van der Waals surface area contributed by atoms with E-state index in [-0.39, 0.29) is 30.8 Å². The van der Waals surface area contributed by atoms with Gasteiger partial charge >= 0.3 is 5.97 Å². The molecular weight excluding hydrogens is 276 g/mol. The lowest BCUT2D eigenvalue weighted by atomic mass is 10.0. The quantitative estimate of drug-likeness (QED) is 0.671. The Morgan fingerprint density at radius 2 is 2.05 bits per heavy atom. The van der Waals surface area contributed by atoms with E-state index in [1.54, 1.807) is 4.90 Å². The van der Waals surface area contributed by atoms with Crippen LogP contribution < -0.4 is 5.32 Å². The molecule has 1 aliphatic rings. The molecule has 1 aliphatic heterocycles. The topological polar surface area (TPSA) is 84.9 Å². The number of morpholine rings is 1. The second kappa shape index (κ2) is 8.09. The molecule has 120 valence electrons. The maximum absolute atomic E-state index is 12.1. The number of esters is 1. The van der Waals surface area contributed by atoms with E-state index in [1.807, 2.05) is 13.8 Å². The number of Topliss-reactive ketones (excluding diaryl/α,β-unsaturated/α-hetero) is 1. The van der Waals surface area contributed by atoms with Crippen molar-refractivity contribution in [1.29, 1.82) is 0 Å². The molecule has 7 heteroatoms. The number of rotatable bonds is 6. The van der Waals surface area contributed by atoms with Crippen molar-refractivity contribution >= 4 is 17.7 Å². The fourth-order valence-corrected chi connectivity index (χ4v) is 2.32. The van der Waals surface area contributed by atoms with E-state index in [1.165, 1.54) is 14.0 Å². The van der Waals surface area contributed by atoms with Crippen molar-refractivity contribution in [3.63, 3.8) is 0 Å². The average molecular weight is 300 g/mol. The summed E-state index contributed by atoms with van der Waals surface area (Å²) in [6.45, 7) is 6.38. The molecule has 2 atom stereocenters. The largest absolute Gasteiger partial charge is 0.468 e. The Bertz CT molecular complexity index is 397. The Morgan fingerprint density at radius 3 is 2.57 bits per heavy atom. The zero-order valence-electron chi connectivity index (χ0n) is 13.0. The molecule has 1 amide bonds. The zero-order valence-corrected chi connectivity index (χ0v) is 13.0. The lowest BCUT2D eigenvalue weighted by Crippen LogP contribution is -2.55. The van der Waals surface area contributed by atoms with Gasteiger partial charge < -0.3 is 14.8 Å². The number of amides is 1. The Morgan fingerprint density at radius 1 is 1.38 bits per heavy atom. The molecular formula is C14H24N2O5. The molecule has 1 rings (SSSR count). The van der Waals surface area contributed by atoms with Gasteiger partial charge in [0.1, 0.15) is 6.04 Å². The third-order valence-corrected chi connectivity index (χ3v) is 3.48. The molecule has 0 aromatic carbocycles. The summed E-state index contributed by atoms with van der Waals surface area (Å²) in [7, 11) is 1.31. The molecule has 0 bridgehead atoms. The molecule has 1 N–H and O–H groups in total. The monoisotopic (exact) mass is 300 g/mol. The third kappa shape index (κ3) is 5.09. The lowest BCUT2D eigenvalue weighted by Gasteiger charge is -2.33. The fraction of sp³-hybridized carbons (Fsp3) is 0.786. The predicted octanol–water partition coefficient (Wildman–Crippen LogP) is -0.410. The second-order valence-electron chi connectivity index (χ2n) is 5.48. The van der Waals surface area contributed by atoms with Gasteiger partial charge in [-0.2, -0.15) is 0 Å². The highest BCUT2D eigenvalue weighted by Gasteiger charge is 2.32. The predicted molar refractivity (Wildman–Crippen MR) is 75.6 cm³/mol. The smallest absolute Gasteiger partial charge is 0.325 e. The van der Waals surface area contributed by atoms with Crippen molar-refractivity contribution in [3.05, 3.63) is 0 Å². The number of hydrogen-bond donors (Lipinski definition) is 1. The van der Waals surface area contributed by atoms with Crippen LogP contribution in [-0.4, -0.2) is 68.1 Å². The van der Waals surface area contributed by atoms with Crippen LogP contribution in [0.1, 0.15) is 20.8 Å². The number of nitrogens with zero attached hydrogens (tertiary/aromatic N) is 1. The van der Waals surface area contributed by atoms with E-state index in [4.69, 9.17) is 9.47 Å². The number of ether oxygens (including phenoxy) is 2. The van der Waals surface area contributed by atoms with E-state index in [0.717, 1.165) is 0 Å². The number of carbonyl (C=O) groups is 3. The SMILES string of the molecule is COC(=O)C1COCCN1CC(=O)NC(C(C)=O)C(C)C. The normalized spacial score (nSPS) is 20.9. The first-order valence-corrected chi connectivity index (χ1v) is 7.06. The van der Waals surface area contributed by atoms with Crippen LogP contribution in [0.3, 0.4) is 0 Å². The van der Waals surface area contributed by atoms with Crippen LogP contribution in [-0.2, 0) is 23.9 Å². The van der Waals surface area contributed by atoms with E-state index >= 15 is 0 Å². The summed E-state index contributed by atoms with van der Waals surface area (Å²) in [4.78, 5) is 37.0. The second-order valence-corrected chi connectivity index (χ2v) is 5.48. The summed E-state index contributed by atoms with van der Waals surface area (Å²) in [5.74, 6) is -0.758. The van der Waals surface area contributed by atoms with Gasteiger partial charge in [0.05, 0.1) is 32.9 Å². The van der Waals surface area contributed by atoms with Gasteiger partial charge in [0.15, 0.2) is 5.78 Å². The summed E-state index contributed by atoms with van der Waals surface area (Å²) < 4.78 is 9.96. The van der Waals surface area contributed by atoms with Gasteiger partial charge in [-0.25, -0.2) is 0 Å². The minimum Gasteiger partial charge on any atom is -0.468 e. The van der Waals surface area contributed by atoms with Crippen molar-refractivity contribution in [3.8, 4) is 0 Å². The molecule has 7 nitrogen and oxygen atoms in total. The van der Waals surface area contributed by atoms with E-state index < -0.39 is 18.1 Å². The third-order valence-electron chi connectivity index (χ3n) is 3.48. The average Bonchev–Trinajstić information content (AvgIpc) is 2.43. The summed E-state index contributed by atoms with van der Waals surface area (Å²) in [6.07, 6.45) is 0.